The maximum atomic E-state index is 12.4. The lowest BCUT2D eigenvalue weighted by atomic mass is 10.1. The first-order valence-electron chi connectivity index (χ1n) is 6.63. The number of rotatable bonds is 5. The van der Waals surface area contributed by atoms with Crippen molar-refractivity contribution in [1.29, 1.82) is 0 Å². The Morgan fingerprint density at radius 3 is 2.14 bits per heavy atom. The molecule has 5 nitrogen and oxygen atoms in total. The average Bonchev–Trinajstić information content (AvgIpc) is 2.53. The van der Waals surface area contributed by atoms with Gasteiger partial charge in [-0.2, -0.15) is 0 Å². The molecule has 1 amide bonds. The largest absolute Gasteiger partial charge is 0.478 e. The number of carbonyl (C=O) groups excluding carboxylic acids is 1. The lowest BCUT2D eigenvalue weighted by Gasteiger charge is -2.21. The lowest BCUT2D eigenvalue weighted by molar-refractivity contribution is 0.0693. The highest BCUT2D eigenvalue weighted by atomic mass is 16.4. The van der Waals surface area contributed by atoms with Gasteiger partial charge >= 0.3 is 5.97 Å². The number of aromatic nitrogens is 1. The van der Waals surface area contributed by atoms with E-state index in [2.05, 4.69) is 4.98 Å². The van der Waals surface area contributed by atoms with Crippen LogP contribution < -0.4 is 0 Å². The fourth-order valence-corrected chi connectivity index (χ4v) is 1.97. The monoisotopic (exact) mass is 284 g/mol. The number of hydrogen-bond acceptors (Lipinski definition) is 3. The van der Waals surface area contributed by atoms with Gasteiger partial charge in [-0.15, -0.1) is 0 Å². The summed E-state index contributed by atoms with van der Waals surface area (Å²) in [6, 6.07) is 9.70. The van der Waals surface area contributed by atoms with Gasteiger partial charge in [0.2, 0.25) is 0 Å². The van der Waals surface area contributed by atoms with E-state index < -0.39 is 5.97 Å². The molecule has 1 N–H and O–H groups in total. The van der Waals surface area contributed by atoms with Gasteiger partial charge in [0.05, 0.1) is 5.56 Å². The van der Waals surface area contributed by atoms with Gasteiger partial charge in [0.25, 0.3) is 5.91 Å². The SMILES string of the molecule is CCN(Cc1ccncc1)C(=O)c1ccc(C(=O)O)cc1. The van der Waals surface area contributed by atoms with Crippen molar-refractivity contribution in [1.82, 2.24) is 9.88 Å². The minimum atomic E-state index is -1.00. The Balaban J connectivity index is 2.14. The molecule has 0 bridgehead atoms. The molecule has 0 saturated carbocycles. The molecule has 0 spiro atoms. The van der Waals surface area contributed by atoms with E-state index in [9.17, 15) is 9.59 Å². The van der Waals surface area contributed by atoms with E-state index in [1.54, 1.807) is 29.4 Å². The van der Waals surface area contributed by atoms with Crippen LogP contribution in [-0.4, -0.2) is 33.4 Å². The summed E-state index contributed by atoms with van der Waals surface area (Å²) in [6.07, 6.45) is 3.38. The zero-order valence-corrected chi connectivity index (χ0v) is 11.7. The number of pyridine rings is 1. The summed E-state index contributed by atoms with van der Waals surface area (Å²) in [5.41, 5.74) is 1.65. The molecule has 0 unspecified atom stereocenters. The van der Waals surface area contributed by atoms with E-state index in [1.807, 2.05) is 19.1 Å². The Kier molecular flexibility index (Phi) is 4.66. The van der Waals surface area contributed by atoms with Crippen molar-refractivity contribution in [3.63, 3.8) is 0 Å². The standard InChI is InChI=1S/C16H16N2O3/c1-2-18(11-12-7-9-17-10-8-12)15(19)13-3-5-14(6-4-13)16(20)21/h3-10H,2,11H2,1H3,(H,20,21). The Labute approximate surface area is 122 Å². The summed E-state index contributed by atoms with van der Waals surface area (Å²) in [6.45, 7) is 2.98. The molecule has 0 atom stereocenters. The maximum absolute atomic E-state index is 12.4. The van der Waals surface area contributed by atoms with Gasteiger partial charge in [-0.3, -0.25) is 9.78 Å². The second-order valence-electron chi connectivity index (χ2n) is 4.56. The van der Waals surface area contributed by atoms with E-state index in [1.165, 1.54) is 12.1 Å². The average molecular weight is 284 g/mol. The Morgan fingerprint density at radius 1 is 1.05 bits per heavy atom. The van der Waals surface area contributed by atoms with Crippen LogP contribution in [0, 0.1) is 0 Å². The molecular formula is C16H16N2O3. The molecule has 5 heteroatoms. The van der Waals surface area contributed by atoms with Gasteiger partial charge in [0, 0.05) is 31.0 Å². The van der Waals surface area contributed by atoms with Crippen molar-refractivity contribution in [3.05, 3.63) is 65.5 Å². The molecule has 2 aromatic rings. The number of nitrogens with zero attached hydrogens (tertiary/aromatic N) is 2. The highest BCUT2D eigenvalue weighted by molar-refractivity contribution is 5.95. The highest BCUT2D eigenvalue weighted by Gasteiger charge is 2.15. The van der Waals surface area contributed by atoms with E-state index in [4.69, 9.17) is 5.11 Å². The van der Waals surface area contributed by atoms with Crippen molar-refractivity contribution >= 4 is 11.9 Å². The smallest absolute Gasteiger partial charge is 0.335 e. The molecule has 0 aliphatic carbocycles. The van der Waals surface area contributed by atoms with Crippen LogP contribution in [-0.2, 0) is 6.54 Å². The Bertz CT molecular complexity index is 624. The highest BCUT2D eigenvalue weighted by Crippen LogP contribution is 2.11. The minimum absolute atomic E-state index is 0.119. The van der Waals surface area contributed by atoms with E-state index >= 15 is 0 Å². The Morgan fingerprint density at radius 2 is 1.62 bits per heavy atom. The number of carboxylic acid groups (broad SMARTS) is 1. The van der Waals surface area contributed by atoms with Crippen LogP contribution in [0.15, 0.2) is 48.8 Å². The van der Waals surface area contributed by atoms with Crippen molar-refractivity contribution in [2.75, 3.05) is 6.54 Å². The summed E-state index contributed by atoms with van der Waals surface area (Å²) >= 11 is 0. The van der Waals surface area contributed by atoms with E-state index in [0.29, 0.717) is 18.7 Å². The number of benzene rings is 1. The summed E-state index contributed by atoms with van der Waals surface area (Å²) in [7, 11) is 0. The van der Waals surface area contributed by atoms with Crippen molar-refractivity contribution < 1.29 is 14.7 Å². The molecule has 108 valence electrons. The summed E-state index contributed by atoms with van der Waals surface area (Å²) < 4.78 is 0. The molecule has 21 heavy (non-hydrogen) atoms. The van der Waals surface area contributed by atoms with Crippen LogP contribution in [0.5, 0.6) is 0 Å². The normalized spacial score (nSPS) is 10.1. The predicted molar refractivity (Wildman–Crippen MR) is 78.1 cm³/mol. The molecule has 1 aromatic heterocycles. The minimum Gasteiger partial charge on any atom is -0.478 e. The topological polar surface area (TPSA) is 70.5 Å². The molecule has 0 fully saturated rings. The number of carbonyl (C=O) groups is 2. The zero-order chi connectivity index (χ0) is 15.2. The quantitative estimate of drug-likeness (QED) is 0.915. The second kappa shape index (κ2) is 6.65. The summed E-state index contributed by atoms with van der Waals surface area (Å²) in [5, 5.41) is 8.86. The van der Waals surface area contributed by atoms with Crippen LogP contribution in [0.25, 0.3) is 0 Å². The summed E-state index contributed by atoms with van der Waals surface area (Å²) in [4.78, 5) is 28.9. The molecule has 0 saturated heterocycles. The first kappa shape index (κ1) is 14.7. The zero-order valence-electron chi connectivity index (χ0n) is 11.7. The van der Waals surface area contributed by atoms with Gasteiger partial charge in [-0.1, -0.05) is 0 Å². The van der Waals surface area contributed by atoms with Gasteiger partial charge in [-0.05, 0) is 48.9 Å². The molecule has 2 rings (SSSR count). The molecule has 0 aliphatic heterocycles. The third-order valence-corrected chi connectivity index (χ3v) is 3.17. The maximum Gasteiger partial charge on any atom is 0.335 e. The number of hydrogen-bond donors (Lipinski definition) is 1. The van der Waals surface area contributed by atoms with Crippen LogP contribution >= 0.6 is 0 Å². The van der Waals surface area contributed by atoms with Crippen LogP contribution in [0.1, 0.15) is 33.2 Å². The summed E-state index contributed by atoms with van der Waals surface area (Å²) in [5.74, 6) is -1.12. The first-order valence-corrected chi connectivity index (χ1v) is 6.63. The van der Waals surface area contributed by atoms with E-state index in [0.717, 1.165) is 5.56 Å². The molecule has 0 aliphatic rings. The molecule has 0 radical (unpaired) electrons. The van der Waals surface area contributed by atoms with Gasteiger partial charge in [0.1, 0.15) is 0 Å². The van der Waals surface area contributed by atoms with Crippen molar-refractivity contribution in [2.45, 2.75) is 13.5 Å². The third-order valence-electron chi connectivity index (χ3n) is 3.17. The lowest BCUT2D eigenvalue weighted by Crippen LogP contribution is -2.30. The number of carboxylic acids is 1. The third kappa shape index (κ3) is 3.66. The van der Waals surface area contributed by atoms with Crippen LogP contribution in [0.2, 0.25) is 0 Å². The van der Waals surface area contributed by atoms with Crippen LogP contribution in [0.4, 0.5) is 0 Å². The number of amides is 1. The van der Waals surface area contributed by atoms with Gasteiger partial charge < -0.3 is 10.0 Å². The predicted octanol–water partition coefficient (Wildman–Crippen LogP) is 2.44. The fourth-order valence-electron chi connectivity index (χ4n) is 1.97. The first-order chi connectivity index (χ1) is 10.1. The second-order valence-corrected chi connectivity index (χ2v) is 4.56. The molecule has 1 heterocycles. The molecule has 1 aromatic carbocycles. The van der Waals surface area contributed by atoms with E-state index in [-0.39, 0.29) is 11.5 Å². The van der Waals surface area contributed by atoms with Gasteiger partial charge in [0.15, 0.2) is 0 Å². The fraction of sp³-hybridized carbons (Fsp3) is 0.188. The van der Waals surface area contributed by atoms with Gasteiger partial charge in [-0.25, -0.2) is 4.79 Å². The molecular weight excluding hydrogens is 268 g/mol. The van der Waals surface area contributed by atoms with Crippen molar-refractivity contribution in [3.8, 4) is 0 Å². The van der Waals surface area contributed by atoms with Crippen LogP contribution in [0.3, 0.4) is 0 Å². The number of aromatic carboxylic acids is 1. The van der Waals surface area contributed by atoms with Crippen molar-refractivity contribution in [2.24, 2.45) is 0 Å². The Hall–Kier alpha value is -2.69.